The van der Waals surface area contributed by atoms with Gasteiger partial charge in [0.2, 0.25) is 0 Å². The zero-order valence-electron chi connectivity index (χ0n) is 9.17. The third-order valence-electron chi connectivity index (χ3n) is 1.02. The summed E-state index contributed by atoms with van der Waals surface area (Å²) in [6.07, 6.45) is 0. The molecule has 0 heterocycles. The van der Waals surface area contributed by atoms with Gasteiger partial charge in [-0.3, -0.25) is 0 Å². The topological polar surface area (TPSA) is 3.24 Å². The maximum absolute atomic E-state index is 4.76. The van der Waals surface area contributed by atoms with Crippen molar-refractivity contribution in [2.45, 2.75) is 27.7 Å². The van der Waals surface area contributed by atoms with Crippen LogP contribution in [-0.2, 0) is 12.6 Å². The molecule has 1 nitrogen and oxygen atoms in total. The van der Waals surface area contributed by atoms with E-state index in [1.165, 1.54) is 0 Å². The molecule has 0 aromatic carbocycles. The summed E-state index contributed by atoms with van der Waals surface area (Å²) in [6.45, 7) is 15.9. The van der Waals surface area contributed by atoms with Gasteiger partial charge < -0.3 is 29.7 Å². The van der Waals surface area contributed by atoms with Crippen LogP contribution in [0.1, 0.15) is 27.7 Å². The van der Waals surface area contributed by atoms with Gasteiger partial charge in [-0.15, -0.1) is 0 Å². The average molecular weight is 321 g/mol. The molecule has 0 fully saturated rings. The maximum Gasteiger partial charge on any atom is 1.00 e. The zero-order chi connectivity index (χ0) is 10.6. The van der Waals surface area contributed by atoms with Crippen LogP contribution >= 0.6 is 12.2 Å². The van der Waals surface area contributed by atoms with Gasteiger partial charge in [-0.2, -0.15) is 0 Å². The summed E-state index contributed by atoms with van der Waals surface area (Å²) in [4.78, 5) is 1.96. The van der Waals surface area contributed by atoms with E-state index in [1.54, 1.807) is 13.8 Å². The van der Waals surface area contributed by atoms with E-state index < -0.39 is 0 Å². The van der Waals surface area contributed by atoms with Gasteiger partial charge in [0.1, 0.15) is 0 Å². The third-order valence-corrected chi connectivity index (χ3v) is 1.54. The Bertz CT molecular complexity index is 85.7. The van der Waals surface area contributed by atoms with Crippen molar-refractivity contribution in [2.75, 3.05) is 13.1 Å². The van der Waals surface area contributed by atoms with Gasteiger partial charge in [0.05, 0.1) is 0 Å². The molecule has 76 valence electrons. The molecule has 0 atom stereocenters. The van der Waals surface area contributed by atoms with E-state index in [1.807, 2.05) is 18.7 Å². The predicted molar refractivity (Wildman–Crippen MR) is 70.7 cm³/mol. The first-order chi connectivity index (χ1) is 5.72. The second-order valence-electron chi connectivity index (χ2n) is 1.44. The SMILES string of the molecule is CCN(CC)C(=S)[S-].[CH2]C.[CH2]C.[In+]. The van der Waals surface area contributed by atoms with Crippen LogP contribution in [0.4, 0.5) is 0 Å². The van der Waals surface area contributed by atoms with Crippen LogP contribution < -0.4 is 0 Å². The first-order valence-corrected chi connectivity index (χ1v) is 4.91. The van der Waals surface area contributed by atoms with Crippen LogP contribution in [0.5, 0.6) is 0 Å². The molecule has 0 rings (SSSR count). The molecule has 0 aromatic rings. The van der Waals surface area contributed by atoms with E-state index in [4.69, 9.17) is 24.8 Å². The third kappa shape index (κ3) is 19.4. The van der Waals surface area contributed by atoms with Crippen molar-refractivity contribution in [3.8, 4) is 0 Å². The van der Waals surface area contributed by atoms with Crippen LogP contribution in [0.3, 0.4) is 0 Å². The Morgan fingerprint density at radius 1 is 1.15 bits per heavy atom. The molecular weight excluding hydrogens is 301 g/mol. The monoisotopic (exact) mass is 321 g/mol. The Balaban J connectivity index is -0.0000000712. The van der Waals surface area contributed by atoms with Gasteiger partial charge in [-0.25, -0.2) is 0 Å². The second kappa shape index (κ2) is 23.1. The molecule has 0 unspecified atom stereocenters. The van der Waals surface area contributed by atoms with E-state index in [9.17, 15) is 0 Å². The molecule has 13 heavy (non-hydrogen) atoms. The molecule has 0 aliphatic heterocycles. The van der Waals surface area contributed by atoms with Crippen molar-refractivity contribution in [1.29, 1.82) is 0 Å². The minimum Gasteiger partial charge on any atom is -0.411 e. The fourth-order valence-electron chi connectivity index (χ4n) is 0.482. The van der Waals surface area contributed by atoms with Gasteiger partial charge in [-0.1, -0.05) is 32.0 Å². The number of hydrogen-bond donors (Lipinski definition) is 0. The van der Waals surface area contributed by atoms with Crippen molar-refractivity contribution in [2.24, 2.45) is 0 Å². The molecule has 0 aromatic heterocycles. The Kier molecular flexibility index (Phi) is 42.0. The van der Waals surface area contributed by atoms with Crippen molar-refractivity contribution in [3.63, 3.8) is 0 Å². The number of thiocarbonyl (C=S) groups is 1. The molecule has 0 N–H and O–H groups in total. The van der Waals surface area contributed by atoms with Crippen LogP contribution in [0.25, 0.3) is 0 Å². The van der Waals surface area contributed by atoms with E-state index in [-0.39, 0.29) is 25.8 Å². The molecule has 0 bridgehead atoms. The summed E-state index contributed by atoms with van der Waals surface area (Å²) >= 11 is 9.51. The first-order valence-electron chi connectivity index (χ1n) is 4.09. The van der Waals surface area contributed by atoms with Crippen LogP contribution in [0, 0.1) is 13.8 Å². The summed E-state index contributed by atoms with van der Waals surface area (Å²) in [5, 5.41) is 0. The van der Waals surface area contributed by atoms with E-state index >= 15 is 0 Å². The zero-order valence-corrected chi connectivity index (χ0v) is 14.1. The van der Waals surface area contributed by atoms with Crippen molar-refractivity contribution in [1.82, 2.24) is 4.90 Å². The Morgan fingerprint density at radius 2 is 1.38 bits per heavy atom. The predicted octanol–water partition coefficient (Wildman–Crippen LogP) is 2.46. The standard InChI is InChI=1S/C5H11NS2.2C2H5.In/c1-3-6(4-2)5(7)8;2*1-2;/h3-4H2,1-2H3,(H,7,8);2*1H2,2H3;/q;;;+1/p-1. The molecule has 0 amide bonds. The molecule has 0 spiro atoms. The van der Waals surface area contributed by atoms with E-state index in [0.717, 1.165) is 13.1 Å². The summed E-state index contributed by atoms with van der Waals surface area (Å²) < 4.78 is 0.579. The van der Waals surface area contributed by atoms with Gasteiger partial charge in [-0.05, 0) is 13.8 Å². The van der Waals surface area contributed by atoms with Gasteiger partial charge >= 0.3 is 25.8 Å². The summed E-state index contributed by atoms with van der Waals surface area (Å²) in [5.74, 6) is 0. The average Bonchev–Trinajstić information content (AvgIpc) is 2.13. The molecule has 0 aliphatic carbocycles. The molecule has 0 aliphatic rings. The fraction of sp³-hybridized carbons (Fsp3) is 0.667. The van der Waals surface area contributed by atoms with Crippen molar-refractivity contribution < 1.29 is 0 Å². The first kappa shape index (κ1) is 23.6. The summed E-state index contributed by atoms with van der Waals surface area (Å²) in [5.41, 5.74) is 0. The van der Waals surface area contributed by atoms with Crippen molar-refractivity contribution in [3.05, 3.63) is 13.8 Å². The fourth-order valence-corrected chi connectivity index (χ4v) is 0.998. The maximum atomic E-state index is 4.76. The summed E-state index contributed by atoms with van der Waals surface area (Å²) in [6, 6.07) is 0. The Labute approximate surface area is 114 Å². The molecule has 4 heteroatoms. The van der Waals surface area contributed by atoms with Crippen LogP contribution in [-0.4, -0.2) is 48.2 Å². The van der Waals surface area contributed by atoms with Gasteiger partial charge in [0.15, 0.2) is 0 Å². The van der Waals surface area contributed by atoms with E-state index in [0.29, 0.717) is 4.32 Å². The van der Waals surface area contributed by atoms with Crippen LogP contribution in [0.2, 0.25) is 0 Å². The smallest absolute Gasteiger partial charge is 0.411 e. The number of rotatable bonds is 2. The minimum absolute atomic E-state index is 0. The quantitative estimate of drug-likeness (QED) is 0.568. The molecule has 4 radical (unpaired) electrons. The van der Waals surface area contributed by atoms with Gasteiger partial charge in [0.25, 0.3) is 0 Å². The molecular formula is C9H20InNS2. The normalized spacial score (nSPS) is 6.31. The molecule has 0 saturated heterocycles. The van der Waals surface area contributed by atoms with Gasteiger partial charge in [0, 0.05) is 13.1 Å². The van der Waals surface area contributed by atoms with Crippen molar-refractivity contribution >= 4 is 55.0 Å². The summed E-state index contributed by atoms with van der Waals surface area (Å²) in [7, 11) is 0. The number of nitrogens with zero attached hydrogens (tertiary/aromatic N) is 1. The Hall–Kier alpha value is 0.980. The molecule has 0 saturated carbocycles. The second-order valence-corrected chi connectivity index (χ2v) is 2.47. The minimum atomic E-state index is 0. The Morgan fingerprint density at radius 3 is 1.38 bits per heavy atom. The number of hydrogen-bond acceptors (Lipinski definition) is 2. The van der Waals surface area contributed by atoms with Crippen LogP contribution in [0.15, 0.2) is 0 Å². The largest absolute Gasteiger partial charge is 1.00 e. The van der Waals surface area contributed by atoms with E-state index in [2.05, 4.69) is 13.8 Å².